The molecule has 3 aromatic carbocycles. The molecule has 1 heterocycles. The quantitative estimate of drug-likeness (QED) is 0.544. The highest BCUT2D eigenvalue weighted by atomic mass is 16.4. The summed E-state index contributed by atoms with van der Waals surface area (Å²) in [4.78, 5) is 13.3. The van der Waals surface area contributed by atoms with Crippen molar-refractivity contribution in [3.05, 3.63) is 101 Å². The summed E-state index contributed by atoms with van der Waals surface area (Å²) in [5.41, 5.74) is 4.96. The fourth-order valence-electron chi connectivity index (χ4n) is 3.33. The van der Waals surface area contributed by atoms with Gasteiger partial charge in [0, 0.05) is 6.42 Å². The maximum Gasteiger partial charge on any atom is 0.336 e. The molecule has 0 saturated carbocycles. The van der Waals surface area contributed by atoms with Gasteiger partial charge in [0.2, 0.25) is 0 Å². The molecule has 4 aromatic rings. The fourth-order valence-corrected chi connectivity index (χ4v) is 3.33. The molecule has 0 aliphatic carbocycles. The number of carbonyl (C=O) groups is 1. The molecule has 0 aliphatic heterocycles. The largest absolute Gasteiger partial charge is 0.478 e. The van der Waals surface area contributed by atoms with Gasteiger partial charge in [-0.25, -0.2) is 4.79 Å². The average molecular weight is 384 g/mol. The minimum Gasteiger partial charge on any atom is -0.478 e. The number of carboxylic acids is 1. The van der Waals surface area contributed by atoms with Crippen LogP contribution in [0.5, 0.6) is 0 Å². The van der Waals surface area contributed by atoms with Crippen LogP contribution >= 0.6 is 0 Å². The number of hydrogen-bond acceptors (Lipinski definition) is 4. The predicted octanol–water partition coefficient (Wildman–Crippen LogP) is 3.99. The van der Waals surface area contributed by atoms with E-state index in [9.17, 15) is 9.90 Å². The van der Waals surface area contributed by atoms with Gasteiger partial charge in [-0.1, -0.05) is 60.7 Å². The maximum atomic E-state index is 11.7. The van der Waals surface area contributed by atoms with Gasteiger partial charge in [0.1, 0.15) is 0 Å². The van der Waals surface area contributed by atoms with Gasteiger partial charge in [0.25, 0.3) is 0 Å². The first-order chi connectivity index (χ1) is 14.1. The number of rotatable bonds is 6. The van der Waals surface area contributed by atoms with Gasteiger partial charge in [0.05, 0.1) is 12.1 Å². The van der Waals surface area contributed by atoms with Crippen LogP contribution in [0.1, 0.15) is 32.9 Å². The van der Waals surface area contributed by atoms with Crippen molar-refractivity contribution in [3.8, 4) is 11.1 Å². The summed E-state index contributed by atoms with van der Waals surface area (Å²) in [6.45, 7) is 2.53. The van der Waals surface area contributed by atoms with Gasteiger partial charge >= 0.3 is 5.97 Å². The van der Waals surface area contributed by atoms with Crippen LogP contribution in [-0.2, 0) is 13.0 Å². The number of carboxylic acid groups (broad SMARTS) is 1. The molecule has 0 spiro atoms. The van der Waals surface area contributed by atoms with Crippen molar-refractivity contribution < 1.29 is 9.90 Å². The van der Waals surface area contributed by atoms with Gasteiger partial charge in [-0.3, -0.25) is 0 Å². The van der Waals surface area contributed by atoms with Gasteiger partial charge < -0.3 is 5.11 Å². The molecule has 4 rings (SSSR count). The van der Waals surface area contributed by atoms with Crippen LogP contribution in [-0.4, -0.2) is 31.3 Å². The van der Waals surface area contributed by atoms with Crippen LogP contribution in [0, 0.1) is 6.92 Å². The zero-order chi connectivity index (χ0) is 20.2. The molecule has 29 heavy (non-hydrogen) atoms. The highest BCUT2D eigenvalue weighted by Crippen LogP contribution is 2.28. The summed E-state index contributed by atoms with van der Waals surface area (Å²) in [5, 5.41) is 22.3. The van der Waals surface area contributed by atoms with Crippen molar-refractivity contribution in [2.45, 2.75) is 19.9 Å². The van der Waals surface area contributed by atoms with E-state index < -0.39 is 5.97 Å². The molecule has 1 aromatic heterocycles. The highest BCUT2D eigenvalue weighted by Gasteiger charge is 2.15. The molecular formula is C23H20N4O2. The Morgan fingerprint density at radius 1 is 0.931 bits per heavy atom. The Kier molecular flexibility index (Phi) is 5.16. The summed E-state index contributed by atoms with van der Waals surface area (Å²) >= 11 is 0. The minimum atomic E-state index is -0.943. The number of aromatic nitrogens is 4. The molecule has 144 valence electrons. The minimum absolute atomic E-state index is 0.281. The summed E-state index contributed by atoms with van der Waals surface area (Å²) in [5.74, 6) is -0.346. The molecular weight excluding hydrogens is 364 g/mol. The molecule has 1 N–H and O–H groups in total. The highest BCUT2D eigenvalue weighted by molar-refractivity contribution is 5.96. The van der Waals surface area contributed by atoms with Crippen molar-refractivity contribution >= 4 is 5.97 Å². The lowest BCUT2D eigenvalue weighted by atomic mass is 9.93. The first-order valence-corrected chi connectivity index (χ1v) is 9.33. The smallest absolute Gasteiger partial charge is 0.336 e. The number of nitrogens with zero attached hydrogens (tertiary/aromatic N) is 4. The maximum absolute atomic E-state index is 11.7. The average Bonchev–Trinajstić information content (AvgIpc) is 3.15. The van der Waals surface area contributed by atoms with Gasteiger partial charge in [-0.05, 0) is 52.1 Å². The Labute approximate surface area is 168 Å². The normalized spacial score (nSPS) is 10.8. The van der Waals surface area contributed by atoms with Crippen molar-refractivity contribution in [1.29, 1.82) is 0 Å². The zero-order valence-electron chi connectivity index (χ0n) is 16.0. The molecule has 0 unspecified atom stereocenters. The first-order valence-electron chi connectivity index (χ1n) is 9.33. The monoisotopic (exact) mass is 384 g/mol. The molecule has 0 atom stereocenters. The molecule has 6 nitrogen and oxygen atoms in total. The lowest BCUT2D eigenvalue weighted by Crippen LogP contribution is -2.04. The van der Waals surface area contributed by atoms with Crippen molar-refractivity contribution in [2.75, 3.05) is 0 Å². The molecule has 0 fully saturated rings. The summed E-state index contributed by atoms with van der Waals surface area (Å²) < 4.78 is 0. The molecule has 0 saturated heterocycles. The predicted molar refractivity (Wildman–Crippen MR) is 110 cm³/mol. The second kappa shape index (κ2) is 8.06. The van der Waals surface area contributed by atoms with E-state index in [0.717, 1.165) is 22.3 Å². The lowest BCUT2D eigenvalue weighted by molar-refractivity contribution is 0.0697. The molecule has 0 aliphatic rings. The molecule has 6 heteroatoms. The Balaban J connectivity index is 1.61. The van der Waals surface area contributed by atoms with Crippen LogP contribution in [0.4, 0.5) is 0 Å². The van der Waals surface area contributed by atoms with E-state index in [0.29, 0.717) is 24.4 Å². The van der Waals surface area contributed by atoms with E-state index in [4.69, 9.17) is 0 Å². The van der Waals surface area contributed by atoms with Crippen molar-refractivity contribution in [3.63, 3.8) is 0 Å². The van der Waals surface area contributed by atoms with Gasteiger partial charge in [-0.2, -0.15) is 4.80 Å². The Hall–Kier alpha value is -3.80. The summed E-state index contributed by atoms with van der Waals surface area (Å²) in [6.07, 6.45) is 0.480. The third-order valence-corrected chi connectivity index (χ3v) is 4.77. The van der Waals surface area contributed by atoms with E-state index in [2.05, 4.69) is 15.4 Å². The van der Waals surface area contributed by atoms with Crippen LogP contribution < -0.4 is 0 Å². The van der Waals surface area contributed by atoms with E-state index in [1.54, 1.807) is 10.9 Å². The van der Waals surface area contributed by atoms with Crippen molar-refractivity contribution in [1.82, 2.24) is 20.2 Å². The number of benzene rings is 3. The van der Waals surface area contributed by atoms with Crippen molar-refractivity contribution in [2.24, 2.45) is 0 Å². The Morgan fingerprint density at radius 3 is 2.45 bits per heavy atom. The molecule has 0 radical (unpaired) electrons. The SMILES string of the molecule is Cc1ccccc1-c1cc(Cc2nnn(Cc3ccccc3)n2)ccc1C(=O)O. The third kappa shape index (κ3) is 4.21. The van der Waals surface area contributed by atoms with E-state index >= 15 is 0 Å². The number of tetrazole rings is 1. The van der Waals surface area contributed by atoms with Gasteiger partial charge in [0.15, 0.2) is 5.82 Å². The fraction of sp³-hybridized carbons (Fsp3) is 0.130. The van der Waals surface area contributed by atoms with E-state index in [-0.39, 0.29) is 5.56 Å². The second-order valence-corrected chi connectivity index (χ2v) is 6.90. The summed E-state index contributed by atoms with van der Waals surface area (Å²) in [6, 6.07) is 23.1. The van der Waals surface area contributed by atoms with Gasteiger partial charge in [-0.15, -0.1) is 10.2 Å². The van der Waals surface area contributed by atoms with Crippen LogP contribution in [0.2, 0.25) is 0 Å². The number of aryl methyl sites for hydroxylation is 1. The first kappa shape index (κ1) is 18.6. The van der Waals surface area contributed by atoms with Crippen LogP contribution in [0.15, 0.2) is 72.8 Å². The molecule has 0 amide bonds. The summed E-state index contributed by atoms with van der Waals surface area (Å²) in [7, 11) is 0. The Bertz CT molecular complexity index is 1150. The number of aromatic carboxylic acids is 1. The van der Waals surface area contributed by atoms with E-state index in [1.165, 1.54) is 0 Å². The second-order valence-electron chi connectivity index (χ2n) is 6.90. The lowest BCUT2D eigenvalue weighted by Gasteiger charge is -2.11. The zero-order valence-corrected chi connectivity index (χ0v) is 16.0. The standard InChI is InChI=1S/C23H20N4O2/c1-16-7-5-6-10-19(16)21-13-18(11-12-20(21)23(28)29)14-22-24-26-27(25-22)15-17-8-3-2-4-9-17/h2-13H,14-15H2,1H3,(H,28,29). The number of hydrogen-bond donors (Lipinski definition) is 1. The topological polar surface area (TPSA) is 80.9 Å². The third-order valence-electron chi connectivity index (χ3n) is 4.77. The Morgan fingerprint density at radius 2 is 1.69 bits per heavy atom. The van der Waals surface area contributed by atoms with Crippen LogP contribution in [0.25, 0.3) is 11.1 Å². The molecule has 0 bridgehead atoms. The van der Waals surface area contributed by atoms with E-state index in [1.807, 2.05) is 73.7 Å². The van der Waals surface area contributed by atoms with Crippen LogP contribution in [0.3, 0.4) is 0 Å².